The Morgan fingerprint density at radius 3 is 2.55 bits per heavy atom. The van der Waals surface area contributed by atoms with Crippen LogP contribution in [0.3, 0.4) is 0 Å². The van der Waals surface area contributed by atoms with E-state index in [4.69, 9.17) is 5.26 Å². The fourth-order valence-electron chi connectivity index (χ4n) is 3.05. The third-order valence-corrected chi connectivity index (χ3v) is 3.69. The lowest BCUT2D eigenvalue weighted by Gasteiger charge is -2.22. The summed E-state index contributed by atoms with van der Waals surface area (Å²) in [5.74, 6) is 3.07. The normalized spacial score (nSPS) is 47.6. The Morgan fingerprint density at radius 1 is 1.27 bits per heavy atom. The first kappa shape index (κ1) is 7.16. The summed E-state index contributed by atoms with van der Waals surface area (Å²) in [6.07, 6.45) is 5.25. The molecule has 2 fully saturated rings. The zero-order valence-corrected chi connectivity index (χ0v) is 7.09. The number of rotatable bonds is 1. The second-order valence-corrected chi connectivity index (χ2v) is 4.13. The Kier molecular flexibility index (Phi) is 1.64. The average molecular weight is 149 g/mol. The minimum Gasteiger partial charge on any atom is -0.198 e. The van der Waals surface area contributed by atoms with Crippen LogP contribution in [0.5, 0.6) is 0 Å². The fourth-order valence-corrected chi connectivity index (χ4v) is 3.05. The molecule has 2 aliphatic carbocycles. The maximum atomic E-state index is 8.80. The Hall–Kier alpha value is -0.510. The van der Waals surface area contributed by atoms with Crippen LogP contribution in [0.4, 0.5) is 0 Å². The number of hydrogen-bond donors (Lipinski definition) is 0. The van der Waals surface area contributed by atoms with E-state index in [1.165, 1.54) is 25.7 Å². The molecular formula is C10H15N. The first-order chi connectivity index (χ1) is 5.35. The van der Waals surface area contributed by atoms with Crippen LogP contribution in [0.15, 0.2) is 0 Å². The molecule has 0 radical (unpaired) electrons. The van der Waals surface area contributed by atoms with Crippen LogP contribution in [-0.4, -0.2) is 0 Å². The van der Waals surface area contributed by atoms with Gasteiger partial charge in [0.05, 0.1) is 6.07 Å². The standard InChI is InChI=1S/C10H15N/c1-2-7-3-9-4-8(7)5-10(9)6-11/h7-10H,2-5H2,1H3. The first-order valence-corrected chi connectivity index (χ1v) is 4.74. The maximum Gasteiger partial charge on any atom is 0.0658 e. The quantitative estimate of drug-likeness (QED) is 0.562. The van der Waals surface area contributed by atoms with Crippen LogP contribution in [0, 0.1) is 35.0 Å². The van der Waals surface area contributed by atoms with E-state index in [2.05, 4.69) is 13.0 Å². The van der Waals surface area contributed by atoms with Gasteiger partial charge >= 0.3 is 0 Å². The second kappa shape index (κ2) is 2.52. The van der Waals surface area contributed by atoms with Crippen molar-refractivity contribution < 1.29 is 0 Å². The van der Waals surface area contributed by atoms with Crippen LogP contribution in [-0.2, 0) is 0 Å². The van der Waals surface area contributed by atoms with Gasteiger partial charge in [0.2, 0.25) is 0 Å². The number of nitrogens with zero attached hydrogens (tertiary/aromatic N) is 1. The molecule has 0 aromatic rings. The van der Waals surface area contributed by atoms with Crippen molar-refractivity contribution in [1.29, 1.82) is 5.26 Å². The van der Waals surface area contributed by atoms with Crippen molar-refractivity contribution in [2.45, 2.75) is 32.6 Å². The fraction of sp³-hybridized carbons (Fsp3) is 0.900. The molecule has 2 rings (SSSR count). The molecule has 4 unspecified atom stereocenters. The van der Waals surface area contributed by atoms with Crippen molar-refractivity contribution in [1.82, 2.24) is 0 Å². The van der Waals surface area contributed by atoms with Gasteiger partial charge in [-0.1, -0.05) is 13.3 Å². The van der Waals surface area contributed by atoms with Crippen molar-refractivity contribution >= 4 is 0 Å². The van der Waals surface area contributed by atoms with Crippen molar-refractivity contribution in [2.75, 3.05) is 0 Å². The first-order valence-electron chi connectivity index (χ1n) is 4.74. The van der Waals surface area contributed by atoms with Crippen molar-refractivity contribution in [3.05, 3.63) is 0 Å². The lowest BCUT2D eigenvalue weighted by atomic mass is 9.82. The van der Waals surface area contributed by atoms with Gasteiger partial charge in [0.1, 0.15) is 0 Å². The molecule has 0 aliphatic heterocycles. The lowest BCUT2D eigenvalue weighted by Crippen LogP contribution is -2.15. The van der Waals surface area contributed by atoms with Gasteiger partial charge in [-0.2, -0.15) is 5.26 Å². The van der Waals surface area contributed by atoms with Gasteiger partial charge in [0.15, 0.2) is 0 Å². The van der Waals surface area contributed by atoms with Gasteiger partial charge in [0, 0.05) is 5.92 Å². The summed E-state index contributed by atoms with van der Waals surface area (Å²) in [6.45, 7) is 2.28. The second-order valence-electron chi connectivity index (χ2n) is 4.13. The molecule has 4 atom stereocenters. The van der Waals surface area contributed by atoms with Gasteiger partial charge in [-0.25, -0.2) is 0 Å². The Morgan fingerprint density at radius 2 is 2.09 bits per heavy atom. The minimum atomic E-state index is 0.419. The largest absolute Gasteiger partial charge is 0.198 e. The Labute approximate surface area is 68.4 Å². The molecule has 11 heavy (non-hydrogen) atoms. The summed E-state index contributed by atoms with van der Waals surface area (Å²) in [5, 5.41) is 8.80. The summed E-state index contributed by atoms with van der Waals surface area (Å²) in [6, 6.07) is 2.44. The van der Waals surface area contributed by atoms with E-state index in [1.807, 2.05) is 0 Å². The van der Waals surface area contributed by atoms with Gasteiger partial charge in [-0.05, 0) is 37.0 Å². The van der Waals surface area contributed by atoms with Crippen molar-refractivity contribution in [2.24, 2.45) is 23.7 Å². The maximum absolute atomic E-state index is 8.80. The monoisotopic (exact) mass is 149 g/mol. The molecule has 0 spiro atoms. The number of hydrogen-bond acceptors (Lipinski definition) is 1. The molecule has 0 N–H and O–H groups in total. The zero-order valence-electron chi connectivity index (χ0n) is 7.09. The molecule has 0 saturated heterocycles. The van der Waals surface area contributed by atoms with Crippen LogP contribution in [0.1, 0.15) is 32.6 Å². The highest BCUT2D eigenvalue weighted by Gasteiger charge is 2.44. The average Bonchev–Trinajstić information content (AvgIpc) is 2.60. The van der Waals surface area contributed by atoms with E-state index in [1.54, 1.807) is 0 Å². The van der Waals surface area contributed by atoms with Gasteiger partial charge in [-0.15, -0.1) is 0 Å². The molecule has 0 amide bonds. The summed E-state index contributed by atoms with van der Waals surface area (Å²) >= 11 is 0. The molecular weight excluding hydrogens is 134 g/mol. The zero-order chi connectivity index (χ0) is 7.84. The number of nitriles is 1. The van der Waals surface area contributed by atoms with Crippen molar-refractivity contribution in [3.63, 3.8) is 0 Å². The van der Waals surface area contributed by atoms with Crippen LogP contribution >= 0.6 is 0 Å². The minimum absolute atomic E-state index is 0.419. The molecule has 2 aliphatic rings. The summed E-state index contributed by atoms with van der Waals surface area (Å²) < 4.78 is 0. The van der Waals surface area contributed by atoms with E-state index >= 15 is 0 Å². The van der Waals surface area contributed by atoms with Gasteiger partial charge in [-0.3, -0.25) is 0 Å². The molecule has 1 heteroatoms. The van der Waals surface area contributed by atoms with Crippen LogP contribution < -0.4 is 0 Å². The Bertz CT molecular complexity index is 192. The predicted octanol–water partition coefficient (Wildman–Crippen LogP) is 2.58. The molecule has 0 heterocycles. The van der Waals surface area contributed by atoms with E-state index < -0.39 is 0 Å². The van der Waals surface area contributed by atoms with Gasteiger partial charge < -0.3 is 0 Å². The summed E-state index contributed by atoms with van der Waals surface area (Å²) in [5.41, 5.74) is 0. The molecule has 2 saturated carbocycles. The van der Waals surface area contributed by atoms with Crippen molar-refractivity contribution in [3.8, 4) is 6.07 Å². The topological polar surface area (TPSA) is 23.8 Å². The van der Waals surface area contributed by atoms with E-state index in [9.17, 15) is 0 Å². The lowest BCUT2D eigenvalue weighted by molar-refractivity contribution is 0.288. The summed E-state index contributed by atoms with van der Waals surface area (Å²) in [7, 11) is 0. The molecule has 60 valence electrons. The third kappa shape index (κ3) is 0.965. The van der Waals surface area contributed by atoms with E-state index in [-0.39, 0.29) is 0 Å². The third-order valence-electron chi connectivity index (χ3n) is 3.69. The van der Waals surface area contributed by atoms with Crippen LogP contribution in [0.25, 0.3) is 0 Å². The van der Waals surface area contributed by atoms with E-state index in [0.29, 0.717) is 5.92 Å². The predicted molar refractivity (Wildman–Crippen MR) is 43.7 cm³/mol. The molecule has 0 aromatic heterocycles. The van der Waals surface area contributed by atoms with Gasteiger partial charge in [0.25, 0.3) is 0 Å². The summed E-state index contributed by atoms with van der Waals surface area (Å²) in [4.78, 5) is 0. The van der Waals surface area contributed by atoms with Crippen LogP contribution in [0.2, 0.25) is 0 Å². The highest BCUT2D eigenvalue weighted by atomic mass is 14.5. The number of fused-ring (bicyclic) bond motifs is 2. The molecule has 2 bridgehead atoms. The highest BCUT2D eigenvalue weighted by Crippen LogP contribution is 2.52. The smallest absolute Gasteiger partial charge is 0.0658 e. The molecule has 1 nitrogen and oxygen atoms in total. The highest BCUT2D eigenvalue weighted by molar-refractivity contribution is 5.02. The molecule has 0 aromatic carbocycles. The Balaban J connectivity index is 2.04. The SMILES string of the molecule is CCC1CC2CC1CC2C#N. The van der Waals surface area contributed by atoms with E-state index in [0.717, 1.165) is 17.8 Å².